The summed E-state index contributed by atoms with van der Waals surface area (Å²) in [6.45, 7) is 0. The van der Waals surface area contributed by atoms with Crippen LogP contribution in [0.25, 0.3) is 10.1 Å². The van der Waals surface area contributed by atoms with Crippen molar-refractivity contribution < 1.29 is 18.7 Å². The van der Waals surface area contributed by atoms with Gasteiger partial charge in [-0.2, -0.15) is 0 Å². The summed E-state index contributed by atoms with van der Waals surface area (Å²) in [5.41, 5.74) is 0. The largest absolute Gasteiger partial charge is 0.514 e. The number of halogens is 1. The van der Waals surface area contributed by atoms with Crippen LogP contribution in [0, 0.1) is 5.82 Å². The Morgan fingerprint density at radius 3 is 2.93 bits per heavy atom. The highest BCUT2D eigenvalue weighted by atomic mass is 32.1. The standard InChI is InChI=1S/C10H7FO3S/c1-13-10(12)14-9-5-6-4-7(11)2-3-8(6)15-9/h2-5H,1H3. The third kappa shape index (κ3) is 2.07. The molecule has 2 aromatic rings. The zero-order valence-electron chi connectivity index (χ0n) is 7.82. The molecule has 1 aromatic heterocycles. The van der Waals surface area contributed by atoms with Crippen LogP contribution in [-0.2, 0) is 4.74 Å². The van der Waals surface area contributed by atoms with Gasteiger partial charge in [0, 0.05) is 10.8 Å². The van der Waals surface area contributed by atoms with E-state index in [0.29, 0.717) is 10.4 Å². The van der Waals surface area contributed by atoms with E-state index in [4.69, 9.17) is 4.74 Å². The lowest BCUT2D eigenvalue weighted by molar-refractivity contribution is 0.123. The van der Waals surface area contributed by atoms with Crippen LogP contribution >= 0.6 is 11.3 Å². The van der Waals surface area contributed by atoms with Gasteiger partial charge in [0.05, 0.1) is 7.11 Å². The van der Waals surface area contributed by atoms with E-state index in [1.165, 1.54) is 30.6 Å². The maximum Gasteiger partial charge on any atom is 0.514 e. The minimum atomic E-state index is -0.776. The second-order valence-corrected chi connectivity index (χ2v) is 3.85. The van der Waals surface area contributed by atoms with Gasteiger partial charge in [0.2, 0.25) is 0 Å². The lowest BCUT2D eigenvalue weighted by Gasteiger charge is -1.96. The van der Waals surface area contributed by atoms with Crippen LogP contribution in [0.4, 0.5) is 9.18 Å². The van der Waals surface area contributed by atoms with Crippen molar-refractivity contribution in [2.45, 2.75) is 0 Å². The van der Waals surface area contributed by atoms with Gasteiger partial charge in [0.25, 0.3) is 0 Å². The van der Waals surface area contributed by atoms with Crippen LogP contribution < -0.4 is 4.74 Å². The zero-order chi connectivity index (χ0) is 10.8. The summed E-state index contributed by atoms with van der Waals surface area (Å²) in [6, 6.07) is 5.98. The summed E-state index contributed by atoms with van der Waals surface area (Å²) < 4.78 is 22.9. The Balaban J connectivity index is 2.34. The molecule has 0 saturated heterocycles. The molecule has 0 radical (unpaired) electrons. The molecule has 0 amide bonds. The summed E-state index contributed by atoms with van der Waals surface area (Å²) in [5.74, 6) is -0.315. The first-order valence-electron chi connectivity index (χ1n) is 4.14. The Morgan fingerprint density at radius 1 is 1.40 bits per heavy atom. The number of benzene rings is 1. The van der Waals surface area contributed by atoms with Crippen LogP contribution in [0.1, 0.15) is 0 Å². The second kappa shape index (κ2) is 3.86. The first kappa shape index (κ1) is 9.92. The fraction of sp³-hybridized carbons (Fsp3) is 0.100. The highest BCUT2D eigenvalue weighted by Gasteiger charge is 2.08. The van der Waals surface area contributed by atoms with E-state index in [9.17, 15) is 9.18 Å². The summed E-state index contributed by atoms with van der Waals surface area (Å²) in [7, 11) is 1.23. The minimum absolute atomic E-state index is 0.315. The smallest absolute Gasteiger partial charge is 0.437 e. The first-order chi connectivity index (χ1) is 7.19. The van der Waals surface area contributed by atoms with Gasteiger partial charge >= 0.3 is 6.16 Å². The number of rotatable bonds is 1. The molecule has 0 bridgehead atoms. The molecule has 5 heteroatoms. The Bertz CT molecular complexity index is 506. The number of methoxy groups -OCH3 is 1. The summed E-state index contributed by atoms with van der Waals surface area (Å²) in [4.78, 5) is 10.8. The molecule has 2 rings (SSSR count). The molecule has 0 atom stereocenters. The number of hydrogen-bond acceptors (Lipinski definition) is 4. The van der Waals surface area contributed by atoms with E-state index in [2.05, 4.69) is 4.74 Å². The van der Waals surface area contributed by atoms with E-state index >= 15 is 0 Å². The van der Waals surface area contributed by atoms with Crippen LogP contribution in [0.2, 0.25) is 0 Å². The van der Waals surface area contributed by atoms with Crippen molar-refractivity contribution in [3.8, 4) is 5.06 Å². The zero-order valence-corrected chi connectivity index (χ0v) is 8.64. The van der Waals surface area contributed by atoms with Crippen LogP contribution in [0.15, 0.2) is 24.3 Å². The molecular formula is C10H7FO3S. The molecule has 0 saturated carbocycles. The van der Waals surface area contributed by atoms with E-state index in [1.807, 2.05) is 0 Å². The number of carbonyl (C=O) groups excluding carboxylic acids is 1. The van der Waals surface area contributed by atoms with Crippen LogP contribution in [-0.4, -0.2) is 13.3 Å². The molecule has 1 aromatic carbocycles. The Hall–Kier alpha value is -1.62. The third-order valence-electron chi connectivity index (χ3n) is 1.81. The Morgan fingerprint density at radius 2 is 2.20 bits per heavy atom. The maximum absolute atomic E-state index is 12.8. The number of carbonyl (C=O) groups is 1. The van der Waals surface area contributed by atoms with E-state index in [-0.39, 0.29) is 5.82 Å². The predicted molar refractivity (Wildman–Crippen MR) is 54.8 cm³/mol. The molecule has 0 spiro atoms. The Kier molecular flexibility index (Phi) is 2.55. The van der Waals surface area contributed by atoms with Crippen LogP contribution in [0.3, 0.4) is 0 Å². The number of hydrogen-bond donors (Lipinski definition) is 0. The van der Waals surface area contributed by atoms with Gasteiger partial charge in [-0.25, -0.2) is 9.18 Å². The van der Waals surface area contributed by atoms with E-state index in [0.717, 1.165) is 4.70 Å². The third-order valence-corrected chi connectivity index (χ3v) is 2.80. The average molecular weight is 226 g/mol. The molecule has 0 aliphatic rings. The summed E-state index contributed by atoms with van der Waals surface area (Å²) in [6.07, 6.45) is -0.776. The van der Waals surface area contributed by atoms with Gasteiger partial charge in [-0.1, -0.05) is 11.3 Å². The molecule has 0 unspecified atom stereocenters. The van der Waals surface area contributed by atoms with Gasteiger partial charge in [0.15, 0.2) is 5.06 Å². The summed E-state index contributed by atoms with van der Waals surface area (Å²) in [5, 5.41) is 1.10. The van der Waals surface area contributed by atoms with Gasteiger partial charge < -0.3 is 9.47 Å². The lowest BCUT2D eigenvalue weighted by Crippen LogP contribution is -2.05. The lowest BCUT2D eigenvalue weighted by atomic mass is 10.2. The van der Waals surface area contributed by atoms with Crippen molar-refractivity contribution in [1.29, 1.82) is 0 Å². The fourth-order valence-corrected chi connectivity index (χ4v) is 2.05. The SMILES string of the molecule is COC(=O)Oc1cc2cc(F)ccc2s1. The highest BCUT2D eigenvalue weighted by Crippen LogP contribution is 2.32. The molecule has 3 nitrogen and oxygen atoms in total. The van der Waals surface area contributed by atoms with Gasteiger partial charge in [-0.05, 0) is 23.6 Å². The number of fused-ring (bicyclic) bond motifs is 1. The topological polar surface area (TPSA) is 35.5 Å². The van der Waals surface area contributed by atoms with Crippen molar-refractivity contribution in [2.75, 3.05) is 7.11 Å². The highest BCUT2D eigenvalue weighted by molar-refractivity contribution is 7.20. The van der Waals surface area contributed by atoms with Gasteiger partial charge in [0.1, 0.15) is 5.82 Å². The quantitative estimate of drug-likeness (QED) is 0.700. The number of ether oxygens (including phenoxy) is 2. The molecular weight excluding hydrogens is 219 g/mol. The van der Waals surface area contributed by atoms with Crippen molar-refractivity contribution >= 4 is 27.6 Å². The molecule has 15 heavy (non-hydrogen) atoms. The van der Waals surface area contributed by atoms with Crippen molar-refractivity contribution in [3.05, 3.63) is 30.1 Å². The Labute approximate surface area is 89.0 Å². The van der Waals surface area contributed by atoms with Crippen molar-refractivity contribution in [2.24, 2.45) is 0 Å². The van der Waals surface area contributed by atoms with E-state index < -0.39 is 6.16 Å². The molecule has 0 aliphatic carbocycles. The second-order valence-electron chi connectivity index (χ2n) is 2.80. The maximum atomic E-state index is 12.8. The summed E-state index contributed by atoms with van der Waals surface area (Å²) >= 11 is 1.26. The predicted octanol–water partition coefficient (Wildman–Crippen LogP) is 3.19. The minimum Gasteiger partial charge on any atom is -0.437 e. The normalized spacial score (nSPS) is 10.3. The molecule has 0 aliphatic heterocycles. The van der Waals surface area contributed by atoms with Crippen molar-refractivity contribution in [1.82, 2.24) is 0 Å². The average Bonchev–Trinajstić information content (AvgIpc) is 2.59. The van der Waals surface area contributed by atoms with Crippen LogP contribution in [0.5, 0.6) is 5.06 Å². The van der Waals surface area contributed by atoms with Gasteiger partial charge in [-0.3, -0.25) is 0 Å². The molecule has 0 fully saturated rings. The monoisotopic (exact) mass is 226 g/mol. The molecule has 0 N–H and O–H groups in total. The fourth-order valence-electron chi connectivity index (χ4n) is 1.16. The molecule has 1 heterocycles. The first-order valence-corrected chi connectivity index (χ1v) is 4.95. The van der Waals surface area contributed by atoms with E-state index in [1.54, 1.807) is 12.1 Å². The molecule has 78 valence electrons. The number of thiophene rings is 1. The van der Waals surface area contributed by atoms with Crippen molar-refractivity contribution in [3.63, 3.8) is 0 Å². The van der Waals surface area contributed by atoms with Gasteiger partial charge in [-0.15, -0.1) is 0 Å².